The van der Waals surface area contributed by atoms with Crippen molar-refractivity contribution >= 4 is 17.7 Å². The van der Waals surface area contributed by atoms with Crippen LogP contribution in [0, 0.1) is 17.0 Å². The highest BCUT2D eigenvalue weighted by molar-refractivity contribution is 7.99. The van der Waals surface area contributed by atoms with Gasteiger partial charge in [-0.15, -0.1) is 11.8 Å². The zero-order chi connectivity index (χ0) is 24.2. The second-order valence-electron chi connectivity index (χ2n) is 10.1. The third-order valence-corrected chi connectivity index (χ3v) is 6.78. The Labute approximate surface area is 199 Å². The number of amides is 1. The molecule has 3 N–H and O–H groups in total. The largest absolute Gasteiger partial charge is 0.390 e. The van der Waals surface area contributed by atoms with E-state index in [1.54, 1.807) is 0 Å². The summed E-state index contributed by atoms with van der Waals surface area (Å²) in [4.78, 5) is 13.0. The molecule has 4 nitrogen and oxygen atoms in total. The fraction of sp³-hybridized carbons (Fsp3) is 0.500. The minimum absolute atomic E-state index is 0.0976. The van der Waals surface area contributed by atoms with E-state index in [2.05, 4.69) is 49.6 Å². The molecule has 2 aromatic rings. The van der Waals surface area contributed by atoms with Crippen LogP contribution in [0.15, 0.2) is 41.3 Å². The zero-order valence-electron chi connectivity index (χ0n) is 19.8. The molecule has 1 amide bonds. The fourth-order valence-corrected chi connectivity index (χ4v) is 5.42. The highest BCUT2D eigenvalue weighted by atomic mass is 32.2. The van der Waals surface area contributed by atoms with Crippen LogP contribution in [0.3, 0.4) is 0 Å². The Bertz CT molecular complexity index is 957. The number of aliphatic hydroxyl groups excluding tert-OH is 1. The van der Waals surface area contributed by atoms with Gasteiger partial charge in [-0.3, -0.25) is 4.79 Å². The van der Waals surface area contributed by atoms with Crippen molar-refractivity contribution in [3.05, 3.63) is 64.7 Å². The Morgan fingerprint density at radius 2 is 1.85 bits per heavy atom. The summed E-state index contributed by atoms with van der Waals surface area (Å²) in [7, 11) is 0. The number of carbonyl (C=O) groups is 1. The average Bonchev–Trinajstić information content (AvgIpc) is 2.69. The number of aliphatic hydroxyl groups is 1. The number of benzene rings is 2. The molecule has 1 heterocycles. The van der Waals surface area contributed by atoms with Gasteiger partial charge in [0.15, 0.2) is 0 Å². The number of thioether (sulfide) groups is 1. The number of hydrogen-bond donors (Lipinski definition) is 3. The van der Waals surface area contributed by atoms with E-state index in [-0.39, 0.29) is 30.3 Å². The molecule has 3 atom stereocenters. The first-order valence-electron chi connectivity index (χ1n) is 11.4. The molecule has 0 aliphatic carbocycles. The van der Waals surface area contributed by atoms with Crippen LogP contribution in [-0.2, 0) is 17.6 Å². The van der Waals surface area contributed by atoms with E-state index >= 15 is 0 Å². The first-order valence-corrected chi connectivity index (χ1v) is 12.4. The molecular formula is C26H34F2N2O2S. The Morgan fingerprint density at radius 1 is 1.15 bits per heavy atom. The van der Waals surface area contributed by atoms with Crippen LogP contribution < -0.4 is 10.6 Å². The van der Waals surface area contributed by atoms with Gasteiger partial charge in [-0.05, 0) is 65.3 Å². The molecule has 0 bridgehead atoms. The minimum atomic E-state index is -0.920. The summed E-state index contributed by atoms with van der Waals surface area (Å²) >= 11 is 1.84. The molecule has 3 rings (SSSR count). The summed E-state index contributed by atoms with van der Waals surface area (Å²) in [5, 5.41) is 17.1. The predicted molar refractivity (Wildman–Crippen MR) is 129 cm³/mol. The van der Waals surface area contributed by atoms with Gasteiger partial charge < -0.3 is 15.7 Å². The molecule has 0 fully saturated rings. The normalized spacial score (nSPS) is 17.8. The van der Waals surface area contributed by atoms with Crippen molar-refractivity contribution in [2.75, 3.05) is 12.3 Å². The van der Waals surface area contributed by atoms with Crippen molar-refractivity contribution in [3.8, 4) is 0 Å². The molecule has 0 aromatic heterocycles. The molecule has 1 unspecified atom stereocenters. The maximum atomic E-state index is 13.6. The number of rotatable bonds is 8. The SMILES string of the molecule is CC(=O)N[C@@H](Cc1cc(F)cc(F)c1)[C@H](O)CNC1CCSc2ccc(CC(C)(C)C)cc21. The van der Waals surface area contributed by atoms with Crippen LogP contribution in [0.1, 0.15) is 56.8 Å². The minimum Gasteiger partial charge on any atom is -0.390 e. The maximum absolute atomic E-state index is 13.6. The summed E-state index contributed by atoms with van der Waals surface area (Å²) in [6, 6.07) is 9.33. The van der Waals surface area contributed by atoms with Crippen molar-refractivity contribution in [2.24, 2.45) is 5.41 Å². The van der Waals surface area contributed by atoms with Crippen molar-refractivity contribution in [3.63, 3.8) is 0 Å². The smallest absolute Gasteiger partial charge is 0.217 e. The van der Waals surface area contributed by atoms with Gasteiger partial charge in [0.1, 0.15) is 11.6 Å². The molecule has 180 valence electrons. The number of carbonyl (C=O) groups excluding carboxylic acids is 1. The van der Waals surface area contributed by atoms with Crippen LogP contribution in [-0.4, -0.2) is 35.5 Å². The molecule has 1 aliphatic rings. The lowest BCUT2D eigenvalue weighted by atomic mass is 9.87. The lowest BCUT2D eigenvalue weighted by Gasteiger charge is -2.30. The predicted octanol–water partition coefficient (Wildman–Crippen LogP) is 4.79. The monoisotopic (exact) mass is 476 g/mol. The van der Waals surface area contributed by atoms with Gasteiger partial charge in [-0.2, -0.15) is 0 Å². The topological polar surface area (TPSA) is 61.4 Å². The van der Waals surface area contributed by atoms with Gasteiger partial charge in [0.05, 0.1) is 12.1 Å². The summed E-state index contributed by atoms with van der Waals surface area (Å²) in [5.41, 5.74) is 3.11. The van der Waals surface area contributed by atoms with Crippen LogP contribution in [0.25, 0.3) is 0 Å². The summed E-state index contributed by atoms with van der Waals surface area (Å²) in [5.74, 6) is -0.679. The van der Waals surface area contributed by atoms with Gasteiger partial charge in [-0.1, -0.05) is 32.9 Å². The Morgan fingerprint density at radius 3 is 2.48 bits per heavy atom. The highest BCUT2D eigenvalue weighted by Crippen LogP contribution is 2.37. The Balaban J connectivity index is 1.70. The van der Waals surface area contributed by atoms with Crippen LogP contribution in [0.4, 0.5) is 8.78 Å². The standard InChI is InChI=1S/C26H34F2N2O2S/c1-16(31)30-23(12-18-9-19(27)13-20(28)10-18)24(32)15-29-22-7-8-33-25-6-5-17(11-21(22)25)14-26(2,3)4/h5-6,9-11,13,22-24,29,32H,7-8,12,14-15H2,1-4H3,(H,30,31)/t22?,23-,24+/m0/s1. The molecule has 33 heavy (non-hydrogen) atoms. The first kappa shape index (κ1) is 25.7. The molecule has 0 saturated carbocycles. The van der Waals surface area contributed by atoms with Crippen molar-refractivity contribution in [1.82, 2.24) is 10.6 Å². The summed E-state index contributed by atoms with van der Waals surface area (Å²) in [6.07, 6.45) is 1.12. The van der Waals surface area contributed by atoms with Crippen LogP contribution in [0.2, 0.25) is 0 Å². The van der Waals surface area contributed by atoms with Gasteiger partial charge in [-0.25, -0.2) is 8.78 Å². The second-order valence-corrected chi connectivity index (χ2v) is 11.2. The Hall–Kier alpha value is -1.96. The number of hydrogen-bond acceptors (Lipinski definition) is 4. The third kappa shape index (κ3) is 7.80. The van der Waals surface area contributed by atoms with E-state index in [0.29, 0.717) is 5.56 Å². The lowest BCUT2D eigenvalue weighted by molar-refractivity contribution is -0.120. The fourth-order valence-electron chi connectivity index (χ4n) is 4.31. The number of halogens is 2. The van der Waals surface area contributed by atoms with E-state index in [1.165, 1.54) is 35.1 Å². The van der Waals surface area contributed by atoms with Crippen molar-refractivity contribution in [1.29, 1.82) is 0 Å². The van der Waals surface area contributed by atoms with Gasteiger partial charge in [0.25, 0.3) is 0 Å². The lowest BCUT2D eigenvalue weighted by Crippen LogP contribution is -2.48. The molecule has 7 heteroatoms. The third-order valence-electron chi connectivity index (χ3n) is 5.65. The molecule has 1 aliphatic heterocycles. The van der Waals surface area contributed by atoms with Crippen molar-refractivity contribution in [2.45, 2.75) is 70.0 Å². The number of fused-ring (bicyclic) bond motifs is 1. The number of nitrogens with one attached hydrogen (secondary N) is 2. The van der Waals surface area contributed by atoms with E-state index in [9.17, 15) is 18.7 Å². The van der Waals surface area contributed by atoms with Gasteiger partial charge in [0.2, 0.25) is 5.91 Å². The van der Waals surface area contributed by atoms with Crippen LogP contribution >= 0.6 is 11.8 Å². The molecule has 0 spiro atoms. The Kier molecular flexibility index (Phi) is 8.54. The molecule has 0 saturated heterocycles. The average molecular weight is 477 g/mol. The van der Waals surface area contributed by atoms with Crippen molar-refractivity contribution < 1.29 is 18.7 Å². The zero-order valence-corrected chi connectivity index (χ0v) is 20.6. The van der Waals surface area contributed by atoms with Crippen LogP contribution in [0.5, 0.6) is 0 Å². The first-order chi connectivity index (χ1) is 15.5. The van der Waals surface area contributed by atoms with E-state index in [1.807, 2.05) is 11.8 Å². The quantitative estimate of drug-likeness (QED) is 0.513. The van der Waals surface area contributed by atoms with E-state index < -0.39 is 23.8 Å². The maximum Gasteiger partial charge on any atom is 0.217 e. The highest BCUT2D eigenvalue weighted by Gasteiger charge is 2.26. The molecular weight excluding hydrogens is 442 g/mol. The molecule has 0 radical (unpaired) electrons. The summed E-state index contributed by atoms with van der Waals surface area (Å²) < 4.78 is 27.2. The van der Waals surface area contributed by atoms with E-state index in [0.717, 1.165) is 24.7 Å². The van der Waals surface area contributed by atoms with E-state index in [4.69, 9.17) is 0 Å². The second kappa shape index (κ2) is 11.0. The summed E-state index contributed by atoms with van der Waals surface area (Å²) in [6.45, 7) is 8.28. The molecule has 2 aromatic carbocycles. The van der Waals surface area contributed by atoms with Gasteiger partial charge in [0, 0.05) is 30.5 Å². The van der Waals surface area contributed by atoms with Gasteiger partial charge >= 0.3 is 0 Å².